The number of nitrogens with one attached hydrogen (secondary N) is 1. The van der Waals surface area contributed by atoms with Crippen molar-refractivity contribution in [3.63, 3.8) is 0 Å². The first kappa shape index (κ1) is 15.4. The lowest BCUT2D eigenvalue weighted by Crippen LogP contribution is -2.32. The Kier molecular flexibility index (Phi) is 5.28. The minimum Gasteiger partial charge on any atom is -0.308 e. The fourth-order valence-corrected chi connectivity index (χ4v) is 2.29. The third-order valence-corrected chi connectivity index (χ3v) is 3.71. The highest BCUT2D eigenvalue weighted by Crippen LogP contribution is 2.18. The molecule has 0 fully saturated rings. The maximum absolute atomic E-state index is 11.9. The van der Waals surface area contributed by atoms with Gasteiger partial charge in [0.15, 0.2) is 0 Å². The van der Waals surface area contributed by atoms with Crippen molar-refractivity contribution in [2.24, 2.45) is 0 Å². The molecule has 0 spiro atoms. The standard InChI is InChI=1S/C17H23N3O/c1-4-9-18-16(12-20-17(21)6-5-10-19-20)15-8-7-13(2)14(3)11-15/h5-8,10-11,16,18H,4,9,12H2,1-3H3. The zero-order valence-electron chi connectivity index (χ0n) is 13.0. The van der Waals surface area contributed by atoms with Gasteiger partial charge in [0.25, 0.3) is 5.56 Å². The van der Waals surface area contributed by atoms with Gasteiger partial charge in [0.05, 0.1) is 12.6 Å². The van der Waals surface area contributed by atoms with Crippen LogP contribution in [0.25, 0.3) is 0 Å². The molecule has 0 bridgehead atoms. The second-order valence-electron chi connectivity index (χ2n) is 5.39. The summed E-state index contributed by atoms with van der Waals surface area (Å²) < 4.78 is 1.52. The van der Waals surface area contributed by atoms with Gasteiger partial charge in [0.2, 0.25) is 0 Å². The van der Waals surface area contributed by atoms with Crippen molar-refractivity contribution >= 4 is 0 Å². The molecule has 1 heterocycles. The second kappa shape index (κ2) is 7.18. The Balaban J connectivity index is 2.27. The average molecular weight is 285 g/mol. The van der Waals surface area contributed by atoms with E-state index in [9.17, 15) is 4.79 Å². The lowest BCUT2D eigenvalue weighted by molar-refractivity contribution is 0.426. The lowest BCUT2D eigenvalue weighted by Gasteiger charge is -2.20. The number of hydrogen-bond acceptors (Lipinski definition) is 3. The van der Waals surface area contributed by atoms with Crippen LogP contribution < -0.4 is 10.9 Å². The number of nitrogens with zero attached hydrogens (tertiary/aromatic N) is 2. The third kappa shape index (κ3) is 4.02. The normalized spacial score (nSPS) is 12.3. The van der Waals surface area contributed by atoms with Gasteiger partial charge in [-0.1, -0.05) is 25.1 Å². The molecular formula is C17H23N3O. The maximum Gasteiger partial charge on any atom is 0.266 e. The van der Waals surface area contributed by atoms with E-state index < -0.39 is 0 Å². The Hall–Kier alpha value is -1.94. The molecule has 0 aliphatic rings. The number of rotatable bonds is 6. The van der Waals surface area contributed by atoms with Gasteiger partial charge in [-0.3, -0.25) is 4.79 Å². The van der Waals surface area contributed by atoms with E-state index in [0.29, 0.717) is 6.54 Å². The number of aryl methyl sites for hydroxylation is 2. The largest absolute Gasteiger partial charge is 0.308 e. The molecular weight excluding hydrogens is 262 g/mol. The van der Waals surface area contributed by atoms with Gasteiger partial charge in [-0.15, -0.1) is 0 Å². The van der Waals surface area contributed by atoms with Gasteiger partial charge < -0.3 is 5.32 Å². The van der Waals surface area contributed by atoms with E-state index in [1.54, 1.807) is 18.3 Å². The first-order valence-corrected chi connectivity index (χ1v) is 7.44. The average Bonchev–Trinajstić information content (AvgIpc) is 2.48. The van der Waals surface area contributed by atoms with E-state index in [-0.39, 0.29) is 11.6 Å². The van der Waals surface area contributed by atoms with Crippen LogP contribution in [0.1, 0.15) is 36.1 Å². The molecule has 1 aromatic carbocycles. The van der Waals surface area contributed by atoms with E-state index in [4.69, 9.17) is 0 Å². The molecule has 21 heavy (non-hydrogen) atoms. The molecule has 2 rings (SSSR count). The summed E-state index contributed by atoms with van der Waals surface area (Å²) >= 11 is 0. The molecule has 0 aliphatic carbocycles. The van der Waals surface area contributed by atoms with Crippen molar-refractivity contribution in [1.82, 2.24) is 15.1 Å². The predicted molar refractivity (Wildman–Crippen MR) is 85.4 cm³/mol. The summed E-state index contributed by atoms with van der Waals surface area (Å²) in [5.74, 6) is 0. The summed E-state index contributed by atoms with van der Waals surface area (Å²) in [6.45, 7) is 7.82. The number of benzene rings is 1. The molecule has 0 radical (unpaired) electrons. The highest BCUT2D eigenvalue weighted by atomic mass is 16.1. The molecule has 1 aromatic heterocycles. The molecule has 0 amide bonds. The molecule has 0 aliphatic heterocycles. The lowest BCUT2D eigenvalue weighted by atomic mass is 10.0. The van der Waals surface area contributed by atoms with Gasteiger partial charge in [0, 0.05) is 12.3 Å². The molecule has 0 saturated heterocycles. The van der Waals surface area contributed by atoms with Crippen LogP contribution in [0.15, 0.2) is 41.3 Å². The molecule has 0 saturated carbocycles. The quantitative estimate of drug-likeness (QED) is 0.887. The van der Waals surface area contributed by atoms with E-state index in [2.05, 4.69) is 49.4 Å². The fraction of sp³-hybridized carbons (Fsp3) is 0.412. The summed E-state index contributed by atoms with van der Waals surface area (Å²) in [7, 11) is 0. The summed E-state index contributed by atoms with van der Waals surface area (Å²) in [6.07, 6.45) is 2.71. The van der Waals surface area contributed by atoms with Crippen LogP contribution in [0.5, 0.6) is 0 Å². The SMILES string of the molecule is CCCNC(Cn1ncccc1=O)c1ccc(C)c(C)c1. The Bertz CT molecular complexity index is 648. The Labute approximate surface area is 125 Å². The Morgan fingerprint density at radius 3 is 2.71 bits per heavy atom. The van der Waals surface area contributed by atoms with Crippen molar-refractivity contribution < 1.29 is 0 Å². The summed E-state index contributed by atoms with van der Waals surface area (Å²) in [4.78, 5) is 11.9. The van der Waals surface area contributed by atoms with Gasteiger partial charge in [-0.25, -0.2) is 4.68 Å². The third-order valence-electron chi connectivity index (χ3n) is 3.71. The Morgan fingerprint density at radius 2 is 2.05 bits per heavy atom. The van der Waals surface area contributed by atoms with Crippen LogP contribution in [-0.2, 0) is 6.54 Å². The van der Waals surface area contributed by atoms with Crippen molar-refractivity contribution in [3.8, 4) is 0 Å². The van der Waals surface area contributed by atoms with Crippen LogP contribution >= 0.6 is 0 Å². The maximum atomic E-state index is 11.9. The van der Waals surface area contributed by atoms with Gasteiger partial charge in [-0.05, 0) is 49.6 Å². The highest BCUT2D eigenvalue weighted by Gasteiger charge is 2.13. The highest BCUT2D eigenvalue weighted by molar-refractivity contribution is 5.31. The smallest absolute Gasteiger partial charge is 0.266 e. The van der Waals surface area contributed by atoms with Crippen molar-refractivity contribution in [3.05, 3.63) is 63.6 Å². The Morgan fingerprint density at radius 1 is 1.24 bits per heavy atom. The van der Waals surface area contributed by atoms with Crippen molar-refractivity contribution in [2.45, 2.75) is 39.8 Å². The van der Waals surface area contributed by atoms with Gasteiger partial charge >= 0.3 is 0 Å². The van der Waals surface area contributed by atoms with Crippen LogP contribution in [0, 0.1) is 13.8 Å². The summed E-state index contributed by atoms with van der Waals surface area (Å²) in [5.41, 5.74) is 3.68. The molecule has 1 atom stereocenters. The molecule has 4 nitrogen and oxygen atoms in total. The minimum absolute atomic E-state index is 0.0652. The minimum atomic E-state index is -0.0652. The molecule has 1 N–H and O–H groups in total. The topological polar surface area (TPSA) is 46.9 Å². The van der Waals surface area contributed by atoms with Gasteiger partial charge in [-0.2, -0.15) is 5.10 Å². The summed E-state index contributed by atoms with van der Waals surface area (Å²) in [6, 6.07) is 9.76. The van der Waals surface area contributed by atoms with Crippen molar-refractivity contribution in [2.75, 3.05) is 6.54 Å². The monoisotopic (exact) mass is 285 g/mol. The molecule has 4 heteroatoms. The predicted octanol–water partition coefficient (Wildman–Crippen LogP) is 2.60. The molecule has 2 aromatic rings. The first-order chi connectivity index (χ1) is 10.1. The number of aromatic nitrogens is 2. The van der Waals surface area contributed by atoms with E-state index in [0.717, 1.165) is 13.0 Å². The van der Waals surface area contributed by atoms with Crippen LogP contribution in [0.3, 0.4) is 0 Å². The summed E-state index contributed by atoms with van der Waals surface area (Å²) in [5, 5.41) is 7.66. The van der Waals surface area contributed by atoms with Gasteiger partial charge in [0.1, 0.15) is 0 Å². The van der Waals surface area contributed by atoms with E-state index >= 15 is 0 Å². The van der Waals surface area contributed by atoms with Crippen LogP contribution in [-0.4, -0.2) is 16.3 Å². The second-order valence-corrected chi connectivity index (χ2v) is 5.39. The van der Waals surface area contributed by atoms with Crippen molar-refractivity contribution in [1.29, 1.82) is 0 Å². The van der Waals surface area contributed by atoms with Crippen LogP contribution in [0.2, 0.25) is 0 Å². The fourth-order valence-electron chi connectivity index (χ4n) is 2.29. The zero-order valence-corrected chi connectivity index (χ0v) is 13.0. The first-order valence-electron chi connectivity index (χ1n) is 7.44. The van der Waals surface area contributed by atoms with Crippen LogP contribution in [0.4, 0.5) is 0 Å². The molecule has 1 unspecified atom stereocenters. The molecule has 112 valence electrons. The number of hydrogen-bond donors (Lipinski definition) is 1. The van der Waals surface area contributed by atoms with E-state index in [1.807, 2.05) is 0 Å². The van der Waals surface area contributed by atoms with E-state index in [1.165, 1.54) is 21.4 Å². The zero-order chi connectivity index (χ0) is 15.2.